The first-order valence-corrected chi connectivity index (χ1v) is 8.42. The van der Waals surface area contributed by atoms with Gasteiger partial charge in [0.2, 0.25) is 5.91 Å². The van der Waals surface area contributed by atoms with Gasteiger partial charge in [0, 0.05) is 0 Å². The third-order valence-electron chi connectivity index (χ3n) is 3.07. The fourth-order valence-corrected chi connectivity index (χ4v) is 2.77. The molecule has 2 N–H and O–H groups in total. The molecule has 1 aromatic rings. The molecule has 1 aromatic carbocycles. The molecule has 116 valence electrons. The Hall–Kier alpha value is -1.49. The van der Waals surface area contributed by atoms with Gasteiger partial charge in [0.15, 0.2) is 0 Å². The van der Waals surface area contributed by atoms with E-state index in [0.29, 0.717) is 18.6 Å². The van der Waals surface area contributed by atoms with Crippen LogP contribution in [0, 0.1) is 0 Å². The van der Waals surface area contributed by atoms with E-state index in [0.717, 1.165) is 24.2 Å². The van der Waals surface area contributed by atoms with Crippen LogP contribution < -0.4 is 5.32 Å². The van der Waals surface area contributed by atoms with Gasteiger partial charge >= 0.3 is 5.97 Å². The quantitative estimate of drug-likeness (QED) is 0.652. The monoisotopic (exact) mass is 309 g/mol. The largest absolute Gasteiger partial charge is 0.480 e. The van der Waals surface area contributed by atoms with E-state index in [4.69, 9.17) is 0 Å². The molecule has 1 atom stereocenters. The summed E-state index contributed by atoms with van der Waals surface area (Å²) in [5.41, 5.74) is 1.08. The maximum absolute atomic E-state index is 11.7. The smallest absolute Gasteiger partial charge is 0.326 e. The van der Waals surface area contributed by atoms with Gasteiger partial charge < -0.3 is 10.4 Å². The van der Waals surface area contributed by atoms with Crippen molar-refractivity contribution < 1.29 is 14.7 Å². The standard InChI is InChI=1S/C16H23NO3S/c1-2-3-11-21-12-15(18)17-14(16(19)20)10-9-13-7-5-4-6-8-13/h4-8,14H,2-3,9-12H2,1H3,(H,17,18)(H,19,20)/t14-/m0/s1. The third kappa shape index (κ3) is 7.75. The lowest BCUT2D eigenvalue weighted by molar-refractivity contribution is -0.141. The lowest BCUT2D eigenvalue weighted by atomic mass is 10.1. The highest BCUT2D eigenvalue weighted by atomic mass is 32.2. The normalized spacial score (nSPS) is 11.9. The average Bonchev–Trinajstić information content (AvgIpc) is 2.48. The molecule has 1 amide bonds. The summed E-state index contributed by atoms with van der Waals surface area (Å²) in [5, 5.41) is 11.8. The number of carbonyl (C=O) groups is 2. The number of unbranched alkanes of at least 4 members (excludes halogenated alkanes) is 1. The molecular weight excluding hydrogens is 286 g/mol. The minimum Gasteiger partial charge on any atom is -0.480 e. The number of rotatable bonds is 10. The summed E-state index contributed by atoms with van der Waals surface area (Å²) in [6, 6.07) is 8.88. The van der Waals surface area contributed by atoms with Gasteiger partial charge in [-0.25, -0.2) is 4.79 Å². The predicted molar refractivity (Wildman–Crippen MR) is 86.6 cm³/mol. The highest BCUT2D eigenvalue weighted by Crippen LogP contribution is 2.07. The number of aryl methyl sites for hydroxylation is 1. The maximum atomic E-state index is 11.7. The predicted octanol–water partition coefficient (Wildman–Crippen LogP) is 2.72. The van der Waals surface area contributed by atoms with Crippen molar-refractivity contribution in [2.75, 3.05) is 11.5 Å². The van der Waals surface area contributed by atoms with E-state index in [1.54, 1.807) is 11.8 Å². The van der Waals surface area contributed by atoms with Crippen molar-refractivity contribution >= 4 is 23.6 Å². The SMILES string of the molecule is CCCCSCC(=O)N[C@@H](CCc1ccccc1)C(=O)O. The van der Waals surface area contributed by atoms with Crippen molar-refractivity contribution in [2.24, 2.45) is 0 Å². The fraction of sp³-hybridized carbons (Fsp3) is 0.500. The summed E-state index contributed by atoms with van der Waals surface area (Å²) in [7, 11) is 0. The fourth-order valence-electron chi connectivity index (χ4n) is 1.86. The number of hydrogen-bond acceptors (Lipinski definition) is 3. The van der Waals surface area contributed by atoms with E-state index in [1.807, 2.05) is 30.3 Å². The molecule has 0 fully saturated rings. The lowest BCUT2D eigenvalue weighted by Crippen LogP contribution is -2.42. The number of carbonyl (C=O) groups excluding carboxylic acids is 1. The second kappa shape index (κ2) is 10.3. The minimum absolute atomic E-state index is 0.198. The molecule has 0 heterocycles. The van der Waals surface area contributed by atoms with Crippen LogP contribution in [0.4, 0.5) is 0 Å². The van der Waals surface area contributed by atoms with Gasteiger partial charge in [-0.1, -0.05) is 43.7 Å². The number of hydrogen-bond donors (Lipinski definition) is 2. The van der Waals surface area contributed by atoms with Gasteiger partial charge in [0.1, 0.15) is 6.04 Å². The van der Waals surface area contributed by atoms with Crippen molar-refractivity contribution in [1.29, 1.82) is 0 Å². The van der Waals surface area contributed by atoms with Gasteiger partial charge in [-0.15, -0.1) is 0 Å². The molecule has 0 radical (unpaired) electrons. The summed E-state index contributed by atoms with van der Waals surface area (Å²) < 4.78 is 0. The molecule has 0 saturated carbocycles. The molecule has 0 aliphatic heterocycles. The van der Waals surface area contributed by atoms with Crippen molar-refractivity contribution in [1.82, 2.24) is 5.32 Å². The number of aliphatic carboxylic acids is 1. The van der Waals surface area contributed by atoms with E-state index in [9.17, 15) is 14.7 Å². The van der Waals surface area contributed by atoms with Crippen molar-refractivity contribution in [3.8, 4) is 0 Å². The highest BCUT2D eigenvalue weighted by Gasteiger charge is 2.19. The minimum atomic E-state index is -0.974. The van der Waals surface area contributed by atoms with Gasteiger partial charge in [-0.2, -0.15) is 11.8 Å². The summed E-state index contributed by atoms with van der Waals surface area (Å²) in [5.74, 6) is 0.0928. The zero-order chi connectivity index (χ0) is 15.5. The Balaban J connectivity index is 2.35. The number of thioether (sulfide) groups is 1. The second-order valence-electron chi connectivity index (χ2n) is 4.89. The van der Waals surface area contributed by atoms with Crippen LogP contribution in [0.3, 0.4) is 0 Å². The van der Waals surface area contributed by atoms with Crippen molar-refractivity contribution in [3.63, 3.8) is 0 Å². The number of nitrogens with one attached hydrogen (secondary N) is 1. The van der Waals surface area contributed by atoms with E-state index >= 15 is 0 Å². The van der Waals surface area contributed by atoms with E-state index in [-0.39, 0.29) is 5.91 Å². The highest BCUT2D eigenvalue weighted by molar-refractivity contribution is 7.99. The average molecular weight is 309 g/mol. The molecule has 0 aliphatic carbocycles. The maximum Gasteiger partial charge on any atom is 0.326 e. The van der Waals surface area contributed by atoms with E-state index < -0.39 is 12.0 Å². The van der Waals surface area contributed by atoms with Crippen LogP contribution in [0.5, 0.6) is 0 Å². The van der Waals surface area contributed by atoms with Crippen LogP contribution in [0.1, 0.15) is 31.7 Å². The number of benzene rings is 1. The Morgan fingerprint density at radius 1 is 1.29 bits per heavy atom. The molecule has 5 heteroatoms. The zero-order valence-corrected chi connectivity index (χ0v) is 13.2. The first kappa shape index (κ1) is 17.6. The van der Waals surface area contributed by atoms with E-state index in [2.05, 4.69) is 12.2 Å². The molecule has 0 aliphatic rings. The molecule has 21 heavy (non-hydrogen) atoms. The van der Waals surface area contributed by atoms with Crippen molar-refractivity contribution in [3.05, 3.63) is 35.9 Å². The number of carboxylic acid groups (broad SMARTS) is 1. The Morgan fingerprint density at radius 2 is 2.00 bits per heavy atom. The Kier molecular flexibility index (Phi) is 8.59. The Bertz CT molecular complexity index is 436. The molecule has 1 rings (SSSR count). The van der Waals surface area contributed by atoms with Crippen molar-refractivity contribution in [2.45, 2.75) is 38.6 Å². The van der Waals surface area contributed by atoms with Gasteiger partial charge in [0.05, 0.1) is 5.75 Å². The second-order valence-corrected chi connectivity index (χ2v) is 5.99. The Labute approximate surface area is 130 Å². The number of carboxylic acids is 1. The first-order valence-electron chi connectivity index (χ1n) is 7.27. The van der Waals surface area contributed by atoms with Crippen LogP contribution in [0.15, 0.2) is 30.3 Å². The lowest BCUT2D eigenvalue weighted by Gasteiger charge is -2.14. The molecule has 0 spiro atoms. The summed E-state index contributed by atoms with van der Waals surface area (Å²) >= 11 is 1.55. The first-order chi connectivity index (χ1) is 10.1. The van der Waals surface area contributed by atoms with E-state index in [1.165, 1.54) is 0 Å². The summed E-state index contributed by atoms with van der Waals surface area (Å²) in [4.78, 5) is 22.9. The molecule has 0 aromatic heterocycles. The summed E-state index contributed by atoms with van der Waals surface area (Å²) in [6.07, 6.45) is 3.23. The topological polar surface area (TPSA) is 66.4 Å². The molecular formula is C16H23NO3S. The molecule has 0 bridgehead atoms. The zero-order valence-electron chi connectivity index (χ0n) is 12.4. The molecule has 4 nitrogen and oxygen atoms in total. The number of amides is 1. The van der Waals surface area contributed by atoms with Crippen LogP contribution in [0.25, 0.3) is 0 Å². The van der Waals surface area contributed by atoms with Crippen LogP contribution >= 0.6 is 11.8 Å². The van der Waals surface area contributed by atoms with Crippen LogP contribution in [-0.4, -0.2) is 34.5 Å². The molecule has 0 saturated heterocycles. The van der Waals surface area contributed by atoms with Gasteiger partial charge in [0.25, 0.3) is 0 Å². The molecule has 0 unspecified atom stereocenters. The third-order valence-corrected chi connectivity index (χ3v) is 4.12. The Morgan fingerprint density at radius 3 is 2.62 bits per heavy atom. The van der Waals surface area contributed by atoms with Gasteiger partial charge in [-0.05, 0) is 30.6 Å². The van der Waals surface area contributed by atoms with Crippen LogP contribution in [-0.2, 0) is 16.0 Å². The van der Waals surface area contributed by atoms with Crippen LogP contribution in [0.2, 0.25) is 0 Å². The summed E-state index contributed by atoms with van der Waals surface area (Å²) in [6.45, 7) is 2.10. The van der Waals surface area contributed by atoms with Gasteiger partial charge in [-0.3, -0.25) is 4.79 Å².